The fraction of sp³-hybridized carbons (Fsp3) is 1.00. The van der Waals surface area contributed by atoms with E-state index in [9.17, 15) is 0 Å². The molecule has 6 fully saturated rings. The summed E-state index contributed by atoms with van der Waals surface area (Å²) < 4.78 is 0. The molecule has 0 aromatic heterocycles. The van der Waals surface area contributed by atoms with E-state index in [1.165, 1.54) is 11.6 Å². The van der Waals surface area contributed by atoms with Gasteiger partial charge in [-0.15, -0.1) is 0 Å². The van der Waals surface area contributed by atoms with E-state index < -0.39 is 0 Å². The number of hydrogen-bond acceptors (Lipinski definition) is 0. The van der Waals surface area contributed by atoms with Gasteiger partial charge in [0.25, 0.3) is 0 Å². The van der Waals surface area contributed by atoms with Crippen molar-refractivity contribution in [2.45, 2.75) is 78.9 Å². The molecule has 6 rings (SSSR count). The van der Waals surface area contributed by atoms with Gasteiger partial charge in [0.2, 0.25) is 0 Å². The number of rotatable bonds is 2. The Kier molecular flexibility index (Phi) is 4.23. The molecule has 0 aromatic carbocycles. The van der Waals surface area contributed by atoms with Crippen molar-refractivity contribution in [3.63, 3.8) is 0 Å². The van der Waals surface area contributed by atoms with E-state index in [1.807, 2.05) is 0 Å². The van der Waals surface area contributed by atoms with E-state index in [0.29, 0.717) is 10.8 Å². The van der Waals surface area contributed by atoms with Gasteiger partial charge in [0.05, 0.1) is 0 Å². The van der Waals surface area contributed by atoms with Crippen LogP contribution in [0.1, 0.15) is 67.2 Å². The number of hydrogen-bond donors (Lipinski definition) is 0. The third kappa shape index (κ3) is 2.17. The maximum Gasteiger partial charge on any atom is 1.00 e. The monoisotopic (exact) mass is 294 g/mol. The zero-order valence-corrected chi connectivity index (χ0v) is 16.4. The minimum absolute atomic E-state index is 0. The first-order valence-electron chi connectivity index (χ1n) is 10.1. The van der Waals surface area contributed by atoms with Gasteiger partial charge in [-0.2, -0.15) is 11.6 Å². The van der Waals surface area contributed by atoms with Gasteiger partial charge in [-0.3, -0.25) is 0 Å². The average molecular weight is 294 g/mol. The zero-order valence-electron chi connectivity index (χ0n) is 16.4. The predicted octanol–water partition coefficient (Wildman–Crippen LogP) is 2.14. The summed E-state index contributed by atoms with van der Waals surface area (Å²) in [6.45, 7) is 15.5. The molecule has 0 heterocycles. The Hall–Kier alpha value is 0.662. The van der Waals surface area contributed by atoms with Crippen LogP contribution in [0.5, 0.6) is 0 Å². The van der Waals surface area contributed by atoms with E-state index in [-0.39, 0.29) is 26.1 Å². The van der Waals surface area contributed by atoms with Crippen LogP contribution in [0.2, 0.25) is 11.6 Å². The summed E-state index contributed by atoms with van der Waals surface area (Å²) >= 11 is 0. The van der Waals surface area contributed by atoms with E-state index in [1.54, 1.807) is 25.7 Å². The maximum absolute atomic E-state index is 2.62. The average Bonchev–Trinajstić information content (AvgIpc) is 2.41. The molecule has 2 heteroatoms. The molecule has 6 saturated carbocycles. The van der Waals surface area contributed by atoms with Gasteiger partial charge >= 0.3 is 18.9 Å². The van der Waals surface area contributed by atoms with Gasteiger partial charge in [-0.1, -0.05) is 66.2 Å². The molecule has 6 aliphatic rings. The largest absolute Gasteiger partial charge is 1.00 e. The number of fused-ring (bicyclic) bond motifs is 4. The van der Waals surface area contributed by atoms with Crippen LogP contribution in [0.3, 0.4) is 0 Å². The third-order valence-electron chi connectivity index (χ3n) is 10.3. The van der Waals surface area contributed by atoms with Gasteiger partial charge in [0, 0.05) is 0 Å². The minimum Gasteiger partial charge on any atom is -0.169 e. The first-order valence-corrected chi connectivity index (χ1v) is 10.1. The second-order valence-corrected chi connectivity index (χ2v) is 11.2. The Morgan fingerprint density at radius 3 is 1.32 bits per heavy atom. The van der Waals surface area contributed by atoms with Crippen molar-refractivity contribution < 1.29 is 18.9 Å². The molecule has 0 amide bonds. The summed E-state index contributed by atoms with van der Waals surface area (Å²) in [5, 5.41) is 0. The Morgan fingerprint density at radius 1 is 0.682 bits per heavy atom. The Labute approximate surface area is 151 Å². The molecule has 120 valence electrons. The molecule has 0 N–H and O–H groups in total. The Bertz CT molecular complexity index is 403. The second-order valence-electron chi connectivity index (χ2n) is 11.2. The third-order valence-corrected chi connectivity index (χ3v) is 10.3. The van der Waals surface area contributed by atoms with Crippen LogP contribution in [0.4, 0.5) is 0 Å². The minimum atomic E-state index is 0. The second kappa shape index (κ2) is 5.33. The topological polar surface area (TPSA) is 0 Å². The van der Waals surface area contributed by atoms with Gasteiger partial charge < -0.3 is 0 Å². The van der Waals surface area contributed by atoms with Crippen LogP contribution in [0, 0.1) is 46.3 Å². The fourth-order valence-electron chi connectivity index (χ4n) is 8.25. The molecular weight excluding hydrogens is 258 g/mol. The Balaban J connectivity index is 0.00000144. The quantitative estimate of drug-likeness (QED) is 0.685. The van der Waals surface area contributed by atoms with E-state index in [2.05, 4.69) is 41.5 Å². The summed E-state index contributed by atoms with van der Waals surface area (Å²) in [6, 6.07) is 0. The van der Waals surface area contributed by atoms with Crippen LogP contribution in [0.15, 0.2) is 0 Å². The standard InChI is InChI=1S/C20H36B.Li/c1-11-15-7-13(19(15,3)4)9-17(11)21-18-10-14-8-16(12(18)2)20(14,5)6;/h11-18H,7-10,21H2,1-6H3;/q-1;+1. The summed E-state index contributed by atoms with van der Waals surface area (Å²) in [7, 11) is 0.269. The smallest absolute Gasteiger partial charge is 0.169 e. The van der Waals surface area contributed by atoms with Crippen molar-refractivity contribution in [2.75, 3.05) is 0 Å². The van der Waals surface area contributed by atoms with Crippen LogP contribution in [-0.2, 0) is 0 Å². The van der Waals surface area contributed by atoms with Crippen LogP contribution in [0.25, 0.3) is 0 Å². The van der Waals surface area contributed by atoms with Crippen molar-refractivity contribution in [3.8, 4) is 0 Å². The van der Waals surface area contributed by atoms with Crippen LogP contribution < -0.4 is 18.9 Å². The van der Waals surface area contributed by atoms with Crippen molar-refractivity contribution in [1.82, 2.24) is 0 Å². The Morgan fingerprint density at radius 2 is 1.05 bits per heavy atom. The SMILES string of the molecule is CC1C([BH2-]C2CC3CC(C2C)C3(C)C)CC2CC1C2(C)C.[Li+]. The first kappa shape index (κ1) is 17.5. The molecule has 0 nitrogen and oxygen atoms in total. The van der Waals surface area contributed by atoms with Crippen molar-refractivity contribution in [3.05, 3.63) is 0 Å². The molecule has 0 spiro atoms. The maximum atomic E-state index is 2.62. The molecule has 0 aliphatic heterocycles. The molecule has 0 aromatic rings. The molecule has 8 atom stereocenters. The van der Waals surface area contributed by atoms with Gasteiger partial charge in [-0.05, 0) is 54.6 Å². The van der Waals surface area contributed by atoms with Crippen molar-refractivity contribution in [2.24, 2.45) is 46.3 Å². The predicted molar refractivity (Wildman–Crippen MR) is 94.4 cm³/mol. The van der Waals surface area contributed by atoms with Crippen molar-refractivity contribution >= 4 is 7.28 Å². The molecular formula is C20H36BLi. The normalized spacial score (nSPS) is 53.7. The van der Waals surface area contributed by atoms with E-state index in [4.69, 9.17) is 0 Å². The summed E-state index contributed by atoms with van der Waals surface area (Å²) in [4.78, 5) is 0. The molecule has 22 heavy (non-hydrogen) atoms. The molecule has 0 saturated heterocycles. The van der Waals surface area contributed by atoms with Crippen molar-refractivity contribution in [1.29, 1.82) is 0 Å². The van der Waals surface area contributed by atoms with Crippen LogP contribution in [-0.4, -0.2) is 7.28 Å². The molecule has 4 bridgehead atoms. The summed E-state index contributed by atoms with van der Waals surface area (Å²) in [5.41, 5.74) is 1.37. The van der Waals surface area contributed by atoms with E-state index in [0.717, 1.165) is 35.5 Å². The molecule has 8 unspecified atom stereocenters. The van der Waals surface area contributed by atoms with E-state index >= 15 is 0 Å². The van der Waals surface area contributed by atoms with Gasteiger partial charge in [0.15, 0.2) is 0 Å². The van der Waals surface area contributed by atoms with Crippen LogP contribution >= 0.6 is 0 Å². The summed E-state index contributed by atoms with van der Waals surface area (Å²) in [5.74, 6) is 8.73. The zero-order chi connectivity index (χ0) is 15.2. The first-order chi connectivity index (χ1) is 9.73. The fourth-order valence-corrected chi connectivity index (χ4v) is 8.25. The van der Waals surface area contributed by atoms with Gasteiger partial charge in [0.1, 0.15) is 0 Å². The van der Waals surface area contributed by atoms with Gasteiger partial charge in [-0.25, -0.2) is 0 Å². The summed E-state index contributed by atoms with van der Waals surface area (Å²) in [6.07, 6.45) is 6.34. The molecule has 6 aliphatic carbocycles. The molecule has 0 radical (unpaired) electrons.